The van der Waals surface area contributed by atoms with Gasteiger partial charge in [-0.05, 0) is 19.3 Å². The first kappa shape index (κ1) is 15.3. The van der Waals surface area contributed by atoms with Crippen molar-refractivity contribution in [3.63, 3.8) is 0 Å². The van der Waals surface area contributed by atoms with Crippen LogP contribution in [0.5, 0.6) is 0 Å². The van der Waals surface area contributed by atoms with Crippen LogP contribution in [0.1, 0.15) is 32.6 Å². The average molecular weight is 271 g/mol. The maximum absolute atomic E-state index is 11.4. The summed E-state index contributed by atoms with van der Waals surface area (Å²) in [7, 11) is 0. The largest absolute Gasteiger partial charge is 0.481 e. The van der Waals surface area contributed by atoms with Crippen molar-refractivity contribution in [1.29, 1.82) is 0 Å². The maximum atomic E-state index is 11.4. The highest BCUT2D eigenvalue weighted by atomic mass is 16.4. The molecule has 0 aromatic carbocycles. The Hall–Kier alpha value is -1.79. The number of hydrogen-bond acceptors (Lipinski definition) is 3. The normalized spacial score (nSPS) is 19.6. The van der Waals surface area contributed by atoms with Crippen molar-refractivity contribution in [2.24, 2.45) is 5.92 Å². The lowest BCUT2D eigenvalue weighted by Crippen LogP contribution is -2.43. The van der Waals surface area contributed by atoms with Gasteiger partial charge in [0.15, 0.2) is 0 Å². The predicted octanol–water partition coefficient (Wildman–Crippen LogP) is 0.0651. The van der Waals surface area contributed by atoms with Crippen molar-refractivity contribution in [1.82, 2.24) is 16.0 Å². The zero-order chi connectivity index (χ0) is 14.3. The Morgan fingerprint density at radius 3 is 2.79 bits per heavy atom. The summed E-state index contributed by atoms with van der Waals surface area (Å²) in [6.07, 6.45) is 2.42. The Labute approximate surface area is 112 Å². The molecule has 0 bridgehead atoms. The molecule has 7 heteroatoms. The fourth-order valence-electron chi connectivity index (χ4n) is 1.84. The number of nitrogens with one attached hydrogen (secondary N) is 3. The fraction of sp³-hybridized carbons (Fsp3) is 0.750. The second-order valence-electron chi connectivity index (χ2n) is 4.82. The number of carboxylic acids is 1. The molecule has 1 aliphatic rings. The number of hydrogen-bond donors (Lipinski definition) is 4. The van der Waals surface area contributed by atoms with E-state index < -0.39 is 11.9 Å². The van der Waals surface area contributed by atoms with Crippen LogP contribution in [0.3, 0.4) is 0 Å². The van der Waals surface area contributed by atoms with Crippen LogP contribution in [-0.2, 0) is 9.59 Å². The van der Waals surface area contributed by atoms with Crippen molar-refractivity contribution in [3.05, 3.63) is 0 Å². The van der Waals surface area contributed by atoms with Gasteiger partial charge in [0.2, 0.25) is 5.91 Å². The van der Waals surface area contributed by atoms with Gasteiger partial charge in [-0.25, -0.2) is 4.79 Å². The number of carbonyl (C=O) groups excluding carboxylic acids is 2. The summed E-state index contributed by atoms with van der Waals surface area (Å²) < 4.78 is 0. The molecule has 4 N–H and O–H groups in total. The number of urea groups is 1. The molecule has 19 heavy (non-hydrogen) atoms. The van der Waals surface area contributed by atoms with E-state index in [0.717, 1.165) is 6.42 Å². The average Bonchev–Trinajstić information content (AvgIpc) is 2.77. The molecule has 0 aliphatic carbocycles. The molecule has 1 rings (SSSR count). The van der Waals surface area contributed by atoms with E-state index >= 15 is 0 Å². The SMILES string of the molecule is CC(CCCNC(=O)NCC1CCC(=O)N1)C(=O)O. The third-order valence-corrected chi connectivity index (χ3v) is 3.12. The molecular formula is C12H21N3O4. The van der Waals surface area contributed by atoms with Crippen molar-refractivity contribution in [3.8, 4) is 0 Å². The van der Waals surface area contributed by atoms with Gasteiger partial charge in [-0.15, -0.1) is 0 Å². The molecule has 3 amide bonds. The molecule has 1 heterocycles. The minimum Gasteiger partial charge on any atom is -0.481 e. The third kappa shape index (κ3) is 6.08. The van der Waals surface area contributed by atoms with Gasteiger partial charge in [-0.3, -0.25) is 9.59 Å². The van der Waals surface area contributed by atoms with Crippen LogP contribution in [-0.4, -0.2) is 42.1 Å². The van der Waals surface area contributed by atoms with E-state index in [0.29, 0.717) is 32.4 Å². The topological polar surface area (TPSA) is 108 Å². The first-order valence-electron chi connectivity index (χ1n) is 6.53. The summed E-state index contributed by atoms with van der Waals surface area (Å²) in [6, 6.07) is -0.269. The summed E-state index contributed by atoms with van der Waals surface area (Å²) in [5.74, 6) is -1.19. The van der Waals surface area contributed by atoms with E-state index in [4.69, 9.17) is 5.11 Å². The molecule has 2 unspecified atom stereocenters. The molecule has 0 radical (unpaired) electrons. The zero-order valence-corrected chi connectivity index (χ0v) is 11.1. The number of rotatable bonds is 7. The van der Waals surface area contributed by atoms with Crippen LogP contribution < -0.4 is 16.0 Å². The van der Waals surface area contributed by atoms with E-state index in [1.54, 1.807) is 6.92 Å². The highest BCUT2D eigenvalue weighted by Crippen LogP contribution is 2.05. The lowest BCUT2D eigenvalue weighted by atomic mass is 10.1. The summed E-state index contributed by atoms with van der Waals surface area (Å²) in [6.45, 7) is 2.51. The molecule has 2 atom stereocenters. The van der Waals surface area contributed by atoms with E-state index in [1.165, 1.54) is 0 Å². The van der Waals surface area contributed by atoms with Crippen LogP contribution in [0.25, 0.3) is 0 Å². The molecule has 1 saturated heterocycles. The monoisotopic (exact) mass is 271 g/mol. The first-order valence-corrected chi connectivity index (χ1v) is 6.53. The van der Waals surface area contributed by atoms with Crippen LogP contribution in [0.2, 0.25) is 0 Å². The first-order chi connectivity index (χ1) is 8.99. The second-order valence-corrected chi connectivity index (χ2v) is 4.82. The molecule has 0 aromatic rings. The predicted molar refractivity (Wildman–Crippen MR) is 68.6 cm³/mol. The van der Waals surface area contributed by atoms with Gasteiger partial charge in [-0.1, -0.05) is 6.92 Å². The summed E-state index contributed by atoms with van der Waals surface area (Å²) >= 11 is 0. The standard InChI is InChI=1S/C12H21N3O4/c1-8(11(17)18)3-2-6-13-12(19)14-7-9-4-5-10(16)15-9/h8-9H,2-7H2,1H3,(H,15,16)(H,17,18)(H2,13,14,19). The minimum absolute atomic E-state index is 0.0188. The number of aliphatic carboxylic acids is 1. The van der Waals surface area contributed by atoms with Gasteiger partial charge in [0.1, 0.15) is 0 Å². The van der Waals surface area contributed by atoms with Gasteiger partial charge < -0.3 is 21.1 Å². The Bertz CT molecular complexity index is 346. The Kier molecular flexibility index (Phi) is 6.11. The van der Waals surface area contributed by atoms with E-state index in [-0.39, 0.29) is 18.0 Å². The molecule has 0 saturated carbocycles. The molecule has 108 valence electrons. The molecule has 0 spiro atoms. The Balaban J connectivity index is 2.02. The molecule has 0 aromatic heterocycles. The molecule has 1 aliphatic heterocycles. The van der Waals surface area contributed by atoms with Gasteiger partial charge in [0.05, 0.1) is 5.92 Å². The van der Waals surface area contributed by atoms with Crippen LogP contribution >= 0.6 is 0 Å². The lowest BCUT2D eigenvalue weighted by molar-refractivity contribution is -0.141. The Morgan fingerprint density at radius 2 is 2.21 bits per heavy atom. The van der Waals surface area contributed by atoms with E-state index in [2.05, 4.69) is 16.0 Å². The van der Waals surface area contributed by atoms with Crippen LogP contribution in [0.15, 0.2) is 0 Å². The number of amides is 3. The summed E-state index contributed by atoms with van der Waals surface area (Å²) in [5, 5.41) is 16.8. The van der Waals surface area contributed by atoms with Crippen molar-refractivity contribution in [2.45, 2.75) is 38.6 Å². The minimum atomic E-state index is -0.818. The lowest BCUT2D eigenvalue weighted by Gasteiger charge is -2.12. The van der Waals surface area contributed by atoms with E-state index in [9.17, 15) is 14.4 Å². The highest BCUT2D eigenvalue weighted by molar-refractivity contribution is 5.79. The van der Waals surface area contributed by atoms with Crippen molar-refractivity contribution < 1.29 is 19.5 Å². The van der Waals surface area contributed by atoms with E-state index in [1.807, 2.05) is 0 Å². The highest BCUT2D eigenvalue weighted by Gasteiger charge is 2.20. The second kappa shape index (κ2) is 7.60. The van der Waals surface area contributed by atoms with Crippen molar-refractivity contribution >= 4 is 17.9 Å². The third-order valence-electron chi connectivity index (χ3n) is 3.12. The van der Waals surface area contributed by atoms with Gasteiger partial charge in [0, 0.05) is 25.6 Å². The molecular weight excluding hydrogens is 250 g/mol. The van der Waals surface area contributed by atoms with Gasteiger partial charge in [-0.2, -0.15) is 0 Å². The van der Waals surface area contributed by atoms with Gasteiger partial charge >= 0.3 is 12.0 Å². The fourth-order valence-corrected chi connectivity index (χ4v) is 1.84. The van der Waals surface area contributed by atoms with Crippen LogP contribution in [0.4, 0.5) is 4.79 Å². The smallest absolute Gasteiger partial charge is 0.314 e. The zero-order valence-electron chi connectivity index (χ0n) is 11.1. The number of carbonyl (C=O) groups is 3. The number of carboxylic acid groups (broad SMARTS) is 1. The Morgan fingerprint density at radius 1 is 1.47 bits per heavy atom. The molecule has 1 fully saturated rings. The summed E-state index contributed by atoms with van der Waals surface area (Å²) in [4.78, 5) is 32.9. The molecule has 7 nitrogen and oxygen atoms in total. The quantitative estimate of drug-likeness (QED) is 0.491. The van der Waals surface area contributed by atoms with Crippen molar-refractivity contribution in [2.75, 3.05) is 13.1 Å². The van der Waals surface area contributed by atoms with Crippen LogP contribution in [0, 0.1) is 5.92 Å². The summed E-state index contributed by atoms with van der Waals surface area (Å²) in [5.41, 5.74) is 0. The maximum Gasteiger partial charge on any atom is 0.314 e. The van der Waals surface area contributed by atoms with Gasteiger partial charge in [0.25, 0.3) is 0 Å².